The SMILES string of the molecule is COc1cc(=O)[nH]c(Oc2cccc(O)c2C(=O)O)n1. The van der Waals surface area contributed by atoms with Crippen molar-refractivity contribution < 1.29 is 24.5 Å². The molecule has 0 saturated heterocycles. The summed E-state index contributed by atoms with van der Waals surface area (Å²) < 4.78 is 9.99. The standard InChI is InChI=1S/C12H10N2O6/c1-19-9-5-8(16)13-12(14-9)20-7-4-2-3-6(15)10(7)11(17)18/h2-5,15H,1H3,(H,17,18)(H,13,14,16). The molecule has 0 atom stereocenters. The van der Waals surface area contributed by atoms with Crippen LogP contribution in [0.25, 0.3) is 0 Å². The van der Waals surface area contributed by atoms with Gasteiger partial charge in [-0.1, -0.05) is 6.07 Å². The van der Waals surface area contributed by atoms with Gasteiger partial charge < -0.3 is 19.7 Å². The number of benzene rings is 1. The minimum Gasteiger partial charge on any atom is -0.507 e. The van der Waals surface area contributed by atoms with Gasteiger partial charge in [0.05, 0.1) is 13.2 Å². The van der Waals surface area contributed by atoms with Crippen LogP contribution in [0, 0.1) is 0 Å². The Kier molecular flexibility index (Phi) is 3.56. The number of aromatic hydroxyl groups is 1. The molecular weight excluding hydrogens is 268 g/mol. The Morgan fingerprint density at radius 2 is 2.15 bits per heavy atom. The first kappa shape index (κ1) is 13.4. The van der Waals surface area contributed by atoms with E-state index in [-0.39, 0.29) is 17.6 Å². The summed E-state index contributed by atoms with van der Waals surface area (Å²) in [5.74, 6) is -1.97. The molecule has 0 aliphatic carbocycles. The molecule has 3 N–H and O–H groups in total. The van der Waals surface area contributed by atoms with Gasteiger partial charge in [0.15, 0.2) is 0 Å². The summed E-state index contributed by atoms with van der Waals surface area (Å²) in [6.07, 6.45) is 0. The lowest BCUT2D eigenvalue weighted by Gasteiger charge is -2.09. The van der Waals surface area contributed by atoms with Crippen LogP contribution in [0.4, 0.5) is 0 Å². The number of aromatic nitrogens is 2. The van der Waals surface area contributed by atoms with Crippen LogP contribution in [0.3, 0.4) is 0 Å². The van der Waals surface area contributed by atoms with Crippen LogP contribution in [0.5, 0.6) is 23.4 Å². The molecule has 8 nitrogen and oxygen atoms in total. The first-order valence-electron chi connectivity index (χ1n) is 5.39. The zero-order valence-electron chi connectivity index (χ0n) is 10.3. The number of aromatic carboxylic acids is 1. The third kappa shape index (κ3) is 2.69. The zero-order valence-corrected chi connectivity index (χ0v) is 10.3. The molecule has 8 heteroatoms. The number of carboxylic acids is 1. The third-order valence-corrected chi connectivity index (χ3v) is 2.33. The number of H-pyrrole nitrogens is 1. The van der Waals surface area contributed by atoms with Crippen molar-refractivity contribution in [2.24, 2.45) is 0 Å². The van der Waals surface area contributed by atoms with Crippen molar-refractivity contribution in [3.05, 3.63) is 40.2 Å². The fraction of sp³-hybridized carbons (Fsp3) is 0.0833. The lowest BCUT2D eigenvalue weighted by atomic mass is 10.2. The highest BCUT2D eigenvalue weighted by atomic mass is 16.5. The average molecular weight is 278 g/mol. The molecule has 2 rings (SSSR count). The number of aromatic amines is 1. The van der Waals surface area contributed by atoms with Crippen LogP contribution in [0.1, 0.15) is 10.4 Å². The van der Waals surface area contributed by atoms with Crippen LogP contribution in [0.15, 0.2) is 29.1 Å². The normalized spacial score (nSPS) is 10.1. The highest BCUT2D eigenvalue weighted by Gasteiger charge is 2.18. The van der Waals surface area contributed by atoms with Gasteiger partial charge in [0.2, 0.25) is 5.88 Å². The Morgan fingerprint density at radius 1 is 1.40 bits per heavy atom. The van der Waals surface area contributed by atoms with E-state index in [4.69, 9.17) is 14.6 Å². The molecule has 104 valence electrons. The number of nitrogens with one attached hydrogen (secondary N) is 1. The van der Waals surface area contributed by atoms with Crippen LogP contribution in [0.2, 0.25) is 0 Å². The fourth-order valence-corrected chi connectivity index (χ4v) is 1.49. The second-order valence-electron chi connectivity index (χ2n) is 3.65. The van der Waals surface area contributed by atoms with E-state index in [1.807, 2.05) is 0 Å². The average Bonchev–Trinajstić information content (AvgIpc) is 2.37. The molecule has 2 aromatic rings. The van der Waals surface area contributed by atoms with Gasteiger partial charge in [-0.25, -0.2) is 4.79 Å². The Morgan fingerprint density at radius 3 is 2.80 bits per heavy atom. The van der Waals surface area contributed by atoms with Crippen molar-refractivity contribution in [1.82, 2.24) is 9.97 Å². The minimum atomic E-state index is -1.37. The number of carbonyl (C=O) groups is 1. The van der Waals surface area contributed by atoms with E-state index in [9.17, 15) is 14.7 Å². The van der Waals surface area contributed by atoms with Crippen molar-refractivity contribution >= 4 is 5.97 Å². The van der Waals surface area contributed by atoms with E-state index in [0.717, 1.165) is 6.07 Å². The Bertz CT molecular complexity index is 709. The molecule has 0 spiro atoms. The summed E-state index contributed by atoms with van der Waals surface area (Å²) in [6.45, 7) is 0. The van der Waals surface area contributed by atoms with Crippen LogP contribution in [-0.4, -0.2) is 33.3 Å². The predicted octanol–water partition coefficient (Wildman–Crippen LogP) is 0.975. The quantitative estimate of drug-likeness (QED) is 0.761. The molecule has 1 heterocycles. The lowest BCUT2D eigenvalue weighted by molar-refractivity contribution is 0.0690. The van der Waals surface area contributed by atoms with E-state index in [2.05, 4.69) is 9.97 Å². The maximum absolute atomic E-state index is 11.3. The molecule has 0 fully saturated rings. The predicted molar refractivity (Wildman–Crippen MR) is 66.5 cm³/mol. The Balaban J connectivity index is 2.45. The van der Waals surface area contributed by atoms with Gasteiger partial charge in [-0.05, 0) is 12.1 Å². The Labute approximate surface area is 112 Å². The maximum atomic E-state index is 11.3. The number of ether oxygens (including phenoxy) is 2. The van der Waals surface area contributed by atoms with Gasteiger partial charge in [0.1, 0.15) is 17.1 Å². The number of nitrogens with zero attached hydrogens (tertiary/aromatic N) is 1. The fourth-order valence-electron chi connectivity index (χ4n) is 1.49. The van der Waals surface area contributed by atoms with Crippen molar-refractivity contribution in [2.75, 3.05) is 7.11 Å². The monoisotopic (exact) mass is 278 g/mol. The molecular formula is C12H10N2O6. The number of carboxylic acid groups (broad SMARTS) is 1. The highest BCUT2D eigenvalue weighted by molar-refractivity contribution is 5.94. The molecule has 0 aliphatic heterocycles. The maximum Gasteiger partial charge on any atom is 0.343 e. The van der Waals surface area contributed by atoms with Crippen molar-refractivity contribution in [3.63, 3.8) is 0 Å². The number of phenols is 1. The number of methoxy groups -OCH3 is 1. The Hall–Kier alpha value is -3.03. The van der Waals surface area contributed by atoms with Crippen molar-refractivity contribution in [3.8, 4) is 23.4 Å². The molecule has 0 bridgehead atoms. The summed E-state index contributed by atoms with van der Waals surface area (Å²) in [7, 11) is 1.32. The zero-order chi connectivity index (χ0) is 14.7. The van der Waals surface area contributed by atoms with E-state index in [1.54, 1.807) is 0 Å². The molecule has 0 aliphatic rings. The number of hydrogen-bond donors (Lipinski definition) is 3. The van der Waals surface area contributed by atoms with Crippen molar-refractivity contribution in [1.29, 1.82) is 0 Å². The molecule has 0 radical (unpaired) electrons. The second-order valence-corrected chi connectivity index (χ2v) is 3.65. The van der Waals surface area contributed by atoms with Crippen LogP contribution >= 0.6 is 0 Å². The number of hydrogen-bond acceptors (Lipinski definition) is 6. The van der Waals surface area contributed by atoms with Gasteiger partial charge >= 0.3 is 12.0 Å². The van der Waals surface area contributed by atoms with Gasteiger partial charge in [-0.3, -0.25) is 9.78 Å². The minimum absolute atomic E-state index is 0.0146. The van der Waals surface area contributed by atoms with Crippen LogP contribution in [-0.2, 0) is 0 Å². The van der Waals surface area contributed by atoms with E-state index in [1.165, 1.54) is 25.3 Å². The first-order chi connectivity index (χ1) is 9.51. The third-order valence-electron chi connectivity index (χ3n) is 2.33. The summed E-state index contributed by atoms with van der Waals surface area (Å²) in [5.41, 5.74) is -0.957. The molecule has 0 unspecified atom stereocenters. The van der Waals surface area contributed by atoms with Crippen LogP contribution < -0.4 is 15.0 Å². The topological polar surface area (TPSA) is 122 Å². The molecule has 20 heavy (non-hydrogen) atoms. The summed E-state index contributed by atoms with van der Waals surface area (Å²) >= 11 is 0. The summed E-state index contributed by atoms with van der Waals surface area (Å²) in [4.78, 5) is 28.5. The van der Waals surface area contributed by atoms with E-state index in [0.29, 0.717) is 0 Å². The van der Waals surface area contributed by atoms with Crippen molar-refractivity contribution in [2.45, 2.75) is 0 Å². The van der Waals surface area contributed by atoms with Gasteiger partial charge in [-0.15, -0.1) is 0 Å². The number of rotatable bonds is 4. The molecule has 1 aromatic carbocycles. The van der Waals surface area contributed by atoms with Gasteiger partial charge in [0.25, 0.3) is 5.56 Å². The molecule has 1 aromatic heterocycles. The summed E-state index contributed by atoms with van der Waals surface area (Å²) in [5, 5.41) is 18.5. The lowest BCUT2D eigenvalue weighted by Crippen LogP contribution is -2.09. The first-order valence-corrected chi connectivity index (χ1v) is 5.39. The molecule has 0 saturated carbocycles. The van der Waals surface area contributed by atoms with E-state index >= 15 is 0 Å². The largest absolute Gasteiger partial charge is 0.507 e. The van der Waals surface area contributed by atoms with Gasteiger partial charge in [0, 0.05) is 0 Å². The smallest absolute Gasteiger partial charge is 0.343 e. The molecule has 0 amide bonds. The van der Waals surface area contributed by atoms with Gasteiger partial charge in [-0.2, -0.15) is 4.98 Å². The second kappa shape index (κ2) is 5.31. The summed E-state index contributed by atoms with van der Waals surface area (Å²) in [6, 6.07) is 4.78. The highest BCUT2D eigenvalue weighted by Crippen LogP contribution is 2.30. The van der Waals surface area contributed by atoms with E-state index < -0.39 is 22.8 Å².